The highest BCUT2D eigenvalue weighted by atomic mass is 32.2. The highest BCUT2D eigenvalue weighted by Crippen LogP contribution is 2.14. The van der Waals surface area contributed by atoms with Gasteiger partial charge in [-0.05, 0) is 13.8 Å². The molecule has 0 spiro atoms. The summed E-state index contributed by atoms with van der Waals surface area (Å²) in [5.74, 6) is 0. The molecule has 2 heterocycles. The van der Waals surface area contributed by atoms with Crippen molar-refractivity contribution in [2.24, 2.45) is 5.73 Å². The third kappa shape index (κ3) is 4.12. The molecule has 8 heteroatoms. The molecule has 118 valence electrons. The van der Waals surface area contributed by atoms with Gasteiger partial charge in [0.25, 0.3) is 10.2 Å². The first-order chi connectivity index (χ1) is 9.29. The van der Waals surface area contributed by atoms with Gasteiger partial charge in [0.15, 0.2) is 0 Å². The number of piperazine rings is 1. The summed E-state index contributed by atoms with van der Waals surface area (Å²) < 4.78 is 33.3. The second kappa shape index (κ2) is 6.25. The van der Waals surface area contributed by atoms with Gasteiger partial charge in [-0.15, -0.1) is 0 Å². The molecule has 0 radical (unpaired) electrons. The Bertz CT molecular complexity index is 407. The van der Waals surface area contributed by atoms with Crippen molar-refractivity contribution in [3.63, 3.8) is 0 Å². The van der Waals surface area contributed by atoms with Crippen LogP contribution in [0.15, 0.2) is 0 Å². The van der Waals surface area contributed by atoms with Crippen molar-refractivity contribution in [2.45, 2.75) is 19.4 Å². The number of hydrogen-bond donors (Lipinski definition) is 1. The first kappa shape index (κ1) is 16.1. The average Bonchev–Trinajstić information content (AvgIpc) is 2.38. The van der Waals surface area contributed by atoms with Crippen LogP contribution in [0.4, 0.5) is 0 Å². The highest BCUT2D eigenvalue weighted by molar-refractivity contribution is 7.86. The van der Waals surface area contributed by atoms with Crippen LogP contribution in [0.5, 0.6) is 0 Å². The Kier molecular flexibility index (Phi) is 5.04. The van der Waals surface area contributed by atoms with Crippen molar-refractivity contribution in [1.82, 2.24) is 13.5 Å². The van der Waals surface area contributed by atoms with Crippen LogP contribution in [0.3, 0.4) is 0 Å². The van der Waals surface area contributed by atoms with Gasteiger partial charge in [-0.2, -0.15) is 17.0 Å². The average molecular weight is 306 g/mol. The van der Waals surface area contributed by atoms with Crippen molar-refractivity contribution in [2.75, 3.05) is 59.0 Å². The normalized spacial score (nSPS) is 24.9. The van der Waals surface area contributed by atoms with E-state index in [1.807, 2.05) is 13.8 Å². The molecule has 2 N–H and O–H groups in total. The fraction of sp³-hybridized carbons (Fsp3) is 1.00. The van der Waals surface area contributed by atoms with Gasteiger partial charge < -0.3 is 10.5 Å². The lowest BCUT2D eigenvalue weighted by molar-refractivity contribution is 0.0681. The van der Waals surface area contributed by atoms with Crippen molar-refractivity contribution in [1.29, 1.82) is 0 Å². The third-order valence-corrected chi connectivity index (χ3v) is 5.62. The van der Waals surface area contributed by atoms with Crippen LogP contribution in [-0.4, -0.2) is 86.5 Å². The van der Waals surface area contributed by atoms with E-state index >= 15 is 0 Å². The maximum atomic E-state index is 12.5. The van der Waals surface area contributed by atoms with Crippen molar-refractivity contribution in [3.05, 3.63) is 0 Å². The van der Waals surface area contributed by atoms with Crippen molar-refractivity contribution < 1.29 is 13.2 Å². The summed E-state index contributed by atoms with van der Waals surface area (Å²) in [6.45, 7) is 9.21. The Hall–Kier alpha value is -0.250. The standard InChI is InChI=1S/C12H26N4O3S/c1-12(2,13)11-14-3-5-15(6-4-14)20(17,18)16-7-9-19-10-8-16/h3-11,13H2,1-2H3. The zero-order chi connectivity index (χ0) is 14.8. The van der Waals surface area contributed by atoms with Crippen molar-refractivity contribution in [3.8, 4) is 0 Å². The predicted molar refractivity (Wildman–Crippen MR) is 77.6 cm³/mol. The number of nitrogens with two attached hydrogens (primary N) is 1. The smallest absolute Gasteiger partial charge is 0.282 e. The first-order valence-electron chi connectivity index (χ1n) is 7.13. The maximum absolute atomic E-state index is 12.5. The Morgan fingerprint density at radius 2 is 1.50 bits per heavy atom. The van der Waals surface area contributed by atoms with Gasteiger partial charge in [0, 0.05) is 51.4 Å². The number of hydrogen-bond acceptors (Lipinski definition) is 5. The molecular weight excluding hydrogens is 280 g/mol. The van der Waals surface area contributed by atoms with Crippen LogP contribution >= 0.6 is 0 Å². The molecule has 2 aliphatic rings. The van der Waals surface area contributed by atoms with E-state index < -0.39 is 10.2 Å². The van der Waals surface area contributed by atoms with Crippen LogP contribution in [0.1, 0.15) is 13.8 Å². The van der Waals surface area contributed by atoms with E-state index in [9.17, 15) is 8.42 Å². The Balaban J connectivity index is 1.89. The molecule has 2 aliphatic heterocycles. The molecule has 0 unspecified atom stereocenters. The van der Waals surface area contributed by atoms with Gasteiger partial charge in [-0.25, -0.2) is 0 Å². The molecule has 20 heavy (non-hydrogen) atoms. The Morgan fingerprint density at radius 1 is 1.00 bits per heavy atom. The molecule has 0 aromatic heterocycles. The minimum Gasteiger partial charge on any atom is -0.379 e. The summed E-state index contributed by atoms with van der Waals surface area (Å²) in [6.07, 6.45) is 0. The SMILES string of the molecule is CC(C)(N)CN1CCN(S(=O)(=O)N2CCOCC2)CC1. The molecule has 0 aromatic carbocycles. The van der Waals surface area contributed by atoms with E-state index in [0.29, 0.717) is 39.4 Å². The Morgan fingerprint density at radius 3 is 2.00 bits per heavy atom. The van der Waals surface area contributed by atoms with E-state index in [-0.39, 0.29) is 5.54 Å². The van der Waals surface area contributed by atoms with Crippen molar-refractivity contribution >= 4 is 10.2 Å². The van der Waals surface area contributed by atoms with E-state index in [2.05, 4.69) is 4.90 Å². The fourth-order valence-electron chi connectivity index (χ4n) is 2.64. The topological polar surface area (TPSA) is 79.1 Å². The van der Waals surface area contributed by atoms with Gasteiger partial charge in [0.2, 0.25) is 0 Å². The van der Waals surface area contributed by atoms with E-state index in [1.54, 1.807) is 4.31 Å². The van der Waals surface area contributed by atoms with E-state index in [4.69, 9.17) is 10.5 Å². The summed E-state index contributed by atoms with van der Waals surface area (Å²) in [7, 11) is -3.32. The van der Waals surface area contributed by atoms with Crippen LogP contribution in [-0.2, 0) is 14.9 Å². The summed E-state index contributed by atoms with van der Waals surface area (Å²) in [6, 6.07) is 0. The largest absolute Gasteiger partial charge is 0.379 e. The van der Waals surface area contributed by atoms with E-state index in [0.717, 1.165) is 19.6 Å². The molecule has 7 nitrogen and oxygen atoms in total. The van der Waals surface area contributed by atoms with Crippen LogP contribution < -0.4 is 5.73 Å². The molecule has 0 aromatic rings. The second-order valence-electron chi connectivity index (χ2n) is 6.18. The molecule has 2 fully saturated rings. The highest BCUT2D eigenvalue weighted by Gasteiger charge is 2.33. The molecule has 0 bridgehead atoms. The minimum atomic E-state index is -3.32. The molecular formula is C12H26N4O3S. The van der Waals surface area contributed by atoms with E-state index in [1.165, 1.54) is 4.31 Å². The summed E-state index contributed by atoms with van der Waals surface area (Å²) >= 11 is 0. The predicted octanol–water partition coefficient (Wildman–Crippen LogP) is -1.08. The lowest BCUT2D eigenvalue weighted by Crippen LogP contribution is -2.57. The summed E-state index contributed by atoms with van der Waals surface area (Å²) in [5.41, 5.74) is 5.76. The number of ether oxygens (including phenoxy) is 1. The van der Waals surface area contributed by atoms with Crippen LogP contribution in [0.25, 0.3) is 0 Å². The lowest BCUT2D eigenvalue weighted by Gasteiger charge is -2.39. The number of rotatable bonds is 4. The second-order valence-corrected chi connectivity index (χ2v) is 8.11. The quantitative estimate of drug-likeness (QED) is 0.715. The zero-order valence-electron chi connectivity index (χ0n) is 12.4. The number of morpholine rings is 1. The fourth-order valence-corrected chi connectivity index (χ4v) is 4.20. The molecule has 0 atom stereocenters. The van der Waals surface area contributed by atoms with Crippen LogP contribution in [0.2, 0.25) is 0 Å². The minimum absolute atomic E-state index is 0.245. The Labute approximate surface area is 121 Å². The molecule has 2 rings (SSSR count). The summed E-state index contributed by atoms with van der Waals surface area (Å²) in [4.78, 5) is 2.23. The van der Waals surface area contributed by atoms with Gasteiger partial charge in [0.1, 0.15) is 0 Å². The lowest BCUT2D eigenvalue weighted by atomic mass is 10.1. The molecule has 0 amide bonds. The van der Waals surface area contributed by atoms with Crippen LogP contribution in [0, 0.1) is 0 Å². The van der Waals surface area contributed by atoms with Gasteiger partial charge in [0.05, 0.1) is 13.2 Å². The molecule has 0 saturated carbocycles. The monoisotopic (exact) mass is 306 g/mol. The summed E-state index contributed by atoms with van der Waals surface area (Å²) in [5, 5.41) is 0. The number of nitrogens with zero attached hydrogens (tertiary/aromatic N) is 3. The molecule has 0 aliphatic carbocycles. The van der Waals surface area contributed by atoms with Gasteiger partial charge in [-0.1, -0.05) is 0 Å². The van der Waals surface area contributed by atoms with Gasteiger partial charge >= 0.3 is 0 Å². The first-order valence-corrected chi connectivity index (χ1v) is 8.53. The molecule has 2 saturated heterocycles. The third-order valence-electron chi connectivity index (χ3n) is 3.59. The zero-order valence-corrected chi connectivity index (χ0v) is 13.2. The maximum Gasteiger partial charge on any atom is 0.282 e. The van der Waals surface area contributed by atoms with Gasteiger partial charge in [-0.3, -0.25) is 4.90 Å².